The number of benzene rings is 1. The molecule has 1 aromatic carbocycles. The van der Waals surface area contributed by atoms with Gasteiger partial charge in [0.25, 0.3) is 0 Å². The molecule has 0 bridgehead atoms. The van der Waals surface area contributed by atoms with Crippen LogP contribution in [0.4, 0.5) is 5.69 Å². The van der Waals surface area contributed by atoms with E-state index in [-0.39, 0.29) is 0 Å². The Morgan fingerprint density at radius 3 is 3.00 bits per heavy atom. The number of nitrogens with two attached hydrogens (primary N) is 1. The fourth-order valence-corrected chi connectivity index (χ4v) is 1.28. The van der Waals surface area contributed by atoms with Crippen molar-refractivity contribution in [3.63, 3.8) is 0 Å². The molecule has 0 aliphatic rings. The first-order chi connectivity index (χ1) is 6.34. The molecule has 3 nitrogen and oxygen atoms in total. The summed E-state index contributed by atoms with van der Waals surface area (Å²) in [6.07, 6.45) is 5.50. The van der Waals surface area contributed by atoms with Crippen LogP contribution in [-0.2, 0) is 6.54 Å². The number of nitrogen functional groups attached to an aromatic ring is 1. The summed E-state index contributed by atoms with van der Waals surface area (Å²) in [4.78, 5) is 3.97. The predicted octanol–water partition coefficient (Wildman–Crippen LogP) is 1.51. The van der Waals surface area contributed by atoms with E-state index in [0.717, 1.165) is 12.2 Å². The zero-order valence-electron chi connectivity index (χ0n) is 7.22. The lowest BCUT2D eigenvalue weighted by Gasteiger charge is -2.02. The van der Waals surface area contributed by atoms with E-state index in [1.807, 2.05) is 29.0 Å². The number of imidazole rings is 1. The highest BCUT2D eigenvalue weighted by Crippen LogP contribution is 2.07. The lowest BCUT2D eigenvalue weighted by atomic mass is 10.2. The Hall–Kier alpha value is -1.77. The molecule has 0 aliphatic heterocycles. The average molecular weight is 173 g/mol. The summed E-state index contributed by atoms with van der Waals surface area (Å²) in [7, 11) is 0. The van der Waals surface area contributed by atoms with Crippen molar-refractivity contribution >= 4 is 5.69 Å². The van der Waals surface area contributed by atoms with Crippen molar-refractivity contribution in [1.82, 2.24) is 9.55 Å². The molecule has 1 heterocycles. The highest BCUT2D eigenvalue weighted by atomic mass is 15.0. The molecule has 0 unspecified atom stereocenters. The topological polar surface area (TPSA) is 43.8 Å². The molecule has 2 N–H and O–H groups in total. The van der Waals surface area contributed by atoms with Gasteiger partial charge in [-0.3, -0.25) is 0 Å². The van der Waals surface area contributed by atoms with E-state index in [1.165, 1.54) is 5.56 Å². The van der Waals surface area contributed by atoms with Gasteiger partial charge in [-0.1, -0.05) is 12.1 Å². The zero-order chi connectivity index (χ0) is 9.10. The van der Waals surface area contributed by atoms with Gasteiger partial charge in [0.05, 0.1) is 6.33 Å². The number of nitrogens with zero attached hydrogens (tertiary/aromatic N) is 2. The Balaban J connectivity index is 2.19. The van der Waals surface area contributed by atoms with Crippen molar-refractivity contribution < 1.29 is 0 Å². The van der Waals surface area contributed by atoms with Gasteiger partial charge in [-0.2, -0.15) is 0 Å². The lowest BCUT2D eigenvalue weighted by Crippen LogP contribution is -1.96. The van der Waals surface area contributed by atoms with Gasteiger partial charge in [0.2, 0.25) is 0 Å². The summed E-state index contributed by atoms with van der Waals surface area (Å²) in [5.41, 5.74) is 7.66. The Kier molecular flexibility index (Phi) is 2.00. The van der Waals surface area contributed by atoms with Crippen LogP contribution < -0.4 is 5.73 Å². The van der Waals surface area contributed by atoms with E-state index in [9.17, 15) is 0 Å². The van der Waals surface area contributed by atoms with E-state index in [1.54, 1.807) is 12.5 Å². The second-order valence-electron chi connectivity index (χ2n) is 2.98. The average Bonchev–Trinajstić information content (AvgIpc) is 2.57. The fraction of sp³-hybridized carbons (Fsp3) is 0.100. The monoisotopic (exact) mass is 173 g/mol. The maximum Gasteiger partial charge on any atom is 0.0949 e. The molecular weight excluding hydrogens is 162 g/mol. The highest BCUT2D eigenvalue weighted by molar-refractivity contribution is 5.40. The molecule has 2 aromatic rings. The van der Waals surface area contributed by atoms with Crippen LogP contribution in [0.5, 0.6) is 0 Å². The van der Waals surface area contributed by atoms with Crippen molar-refractivity contribution in [1.29, 1.82) is 0 Å². The van der Waals surface area contributed by atoms with Crippen molar-refractivity contribution in [3.05, 3.63) is 48.5 Å². The number of rotatable bonds is 2. The number of hydrogen-bond donors (Lipinski definition) is 1. The van der Waals surface area contributed by atoms with Gasteiger partial charge >= 0.3 is 0 Å². The first kappa shape index (κ1) is 7.86. The number of anilines is 1. The summed E-state index contributed by atoms with van der Waals surface area (Å²) in [5, 5.41) is 0. The Morgan fingerprint density at radius 2 is 2.31 bits per heavy atom. The molecule has 0 spiro atoms. The molecule has 66 valence electrons. The number of hydrogen-bond acceptors (Lipinski definition) is 2. The molecule has 0 fully saturated rings. The summed E-state index contributed by atoms with van der Waals surface area (Å²) >= 11 is 0. The first-order valence-corrected chi connectivity index (χ1v) is 4.15. The third-order valence-electron chi connectivity index (χ3n) is 1.88. The van der Waals surface area contributed by atoms with Crippen molar-refractivity contribution in [2.75, 3.05) is 5.73 Å². The molecule has 0 aliphatic carbocycles. The minimum Gasteiger partial charge on any atom is -0.399 e. The molecule has 13 heavy (non-hydrogen) atoms. The SMILES string of the molecule is Nc1cccc(Cn2ccnc2)c1. The lowest BCUT2D eigenvalue weighted by molar-refractivity contribution is 0.798. The number of aromatic nitrogens is 2. The third-order valence-corrected chi connectivity index (χ3v) is 1.88. The van der Waals surface area contributed by atoms with E-state index in [2.05, 4.69) is 11.1 Å². The van der Waals surface area contributed by atoms with Crippen LogP contribution >= 0.6 is 0 Å². The zero-order valence-corrected chi connectivity index (χ0v) is 7.22. The van der Waals surface area contributed by atoms with E-state index < -0.39 is 0 Å². The van der Waals surface area contributed by atoms with E-state index in [0.29, 0.717) is 0 Å². The minimum atomic E-state index is 0.803. The molecule has 0 saturated heterocycles. The van der Waals surface area contributed by atoms with E-state index in [4.69, 9.17) is 5.73 Å². The minimum absolute atomic E-state index is 0.803. The summed E-state index contributed by atoms with van der Waals surface area (Å²) in [5.74, 6) is 0. The van der Waals surface area contributed by atoms with Gasteiger partial charge in [0.1, 0.15) is 0 Å². The van der Waals surface area contributed by atoms with Gasteiger partial charge in [-0.25, -0.2) is 4.98 Å². The molecule has 0 amide bonds. The second kappa shape index (κ2) is 3.31. The second-order valence-corrected chi connectivity index (χ2v) is 2.98. The predicted molar refractivity (Wildman–Crippen MR) is 52.2 cm³/mol. The Labute approximate surface area is 76.8 Å². The van der Waals surface area contributed by atoms with Crippen LogP contribution in [0.25, 0.3) is 0 Å². The standard InChI is InChI=1S/C10H11N3/c11-10-3-1-2-9(6-10)7-13-5-4-12-8-13/h1-6,8H,7,11H2. The van der Waals surface area contributed by atoms with Crippen LogP contribution in [0.1, 0.15) is 5.56 Å². The van der Waals surface area contributed by atoms with Crippen LogP contribution in [0.2, 0.25) is 0 Å². The third kappa shape index (κ3) is 1.87. The van der Waals surface area contributed by atoms with Crippen LogP contribution in [0.15, 0.2) is 43.0 Å². The van der Waals surface area contributed by atoms with Gasteiger partial charge < -0.3 is 10.3 Å². The molecule has 1 aromatic heterocycles. The first-order valence-electron chi connectivity index (χ1n) is 4.15. The smallest absolute Gasteiger partial charge is 0.0949 e. The largest absolute Gasteiger partial charge is 0.399 e. The maximum atomic E-state index is 5.66. The highest BCUT2D eigenvalue weighted by Gasteiger charge is 1.93. The van der Waals surface area contributed by atoms with Crippen molar-refractivity contribution in [2.24, 2.45) is 0 Å². The summed E-state index contributed by atoms with van der Waals surface area (Å²) in [6, 6.07) is 7.87. The van der Waals surface area contributed by atoms with Crippen LogP contribution in [0, 0.1) is 0 Å². The molecule has 2 rings (SSSR count). The van der Waals surface area contributed by atoms with Crippen LogP contribution in [0.3, 0.4) is 0 Å². The molecule has 0 radical (unpaired) electrons. The fourth-order valence-electron chi connectivity index (χ4n) is 1.28. The van der Waals surface area contributed by atoms with Crippen molar-refractivity contribution in [3.8, 4) is 0 Å². The van der Waals surface area contributed by atoms with Crippen molar-refractivity contribution in [2.45, 2.75) is 6.54 Å². The van der Waals surface area contributed by atoms with Gasteiger partial charge in [-0.15, -0.1) is 0 Å². The molecule has 3 heteroatoms. The van der Waals surface area contributed by atoms with Gasteiger partial charge in [0.15, 0.2) is 0 Å². The molecular formula is C10H11N3. The van der Waals surface area contributed by atoms with E-state index >= 15 is 0 Å². The Morgan fingerprint density at radius 1 is 1.38 bits per heavy atom. The van der Waals surface area contributed by atoms with Crippen LogP contribution in [-0.4, -0.2) is 9.55 Å². The normalized spacial score (nSPS) is 10.2. The molecule has 0 atom stereocenters. The Bertz CT molecular complexity index is 379. The summed E-state index contributed by atoms with van der Waals surface area (Å²) in [6.45, 7) is 0.824. The van der Waals surface area contributed by atoms with Gasteiger partial charge in [-0.05, 0) is 17.7 Å². The quantitative estimate of drug-likeness (QED) is 0.699. The summed E-state index contributed by atoms with van der Waals surface area (Å²) < 4.78 is 2.01. The molecule has 0 saturated carbocycles. The maximum absolute atomic E-state index is 5.66. The van der Waals surface area contributed by atoms with Gasteiger partial charge in [0, 0.05) is 24.6 Å².